The van der Waals surface area contributed by atoms with Gasteiger partial charge in [-0.05, 0) is 40.0 Å². The van der Waals surface area contributed by atoms with Gasteiger partial charge in [-0.2, -0.15) is 0 Å². The Morgan fingerprint density at radius 3 is 2.17 bits per heavy atom. The van der Waals surface area contributed by atoms with E-state index >= 15 is 0 Å². The molecule has 3 aromatic carbocycles. The van der Waals surface area contributed by atoms with E-state index in [-0.39, 0.29) is 29.2 Å². The lowest BCUT2D eigenvalue weighted by Gasteiger charge is -2.21. The second-order valence-corrected chi connectivity index (χ2v) is 6.99. The van der Waals surface area contributed by atoms with Crippen LogP contribution < -0.4 is 4.90 Å². The van der Waals surface area contributed by atoms with Crippen LogP contribution in [0.1, 0.15) is 18.1 Å². The first-order chi connectivity index (χ1) is 14.4. The van der Waals surface area contributed by atoms with Gasteiger partial charge in [0.15, 0.2) is 5.52 Å². The largest absolute Gasteiger partial charge is 0.306 e. The number of anilines is 1. The molecule has 8 nitrogen and oxygen atoms in total. The summed E-state index contributed by atoms with van der Waals surface area (Å²) in [6.45, 7) is 3.76. The molecule has 1 amide bonds. The molecule has 0 radical (unpaired) electrons. The number of amides is 1. The third kappa shape index (κ3) is 3.62. The molecule has 1 heterocycles. The van der Waals surface area contributed by atoms with Gasteiger partial charge in [0, 0.05) is 13.0 Å². The Morgan fingerprint density at radius 2 is 1.57 bits per heavy atom. The second-order valence-electron chi connectivity index (χ2n) is 6.99. The first kappa shape index (κ1) is 19.3. The molecule has 0 saturated heterocycles. The van der Waals surface area contributed by atoms with Crippen molar-refractivity contribution in [3.05, 3.63) is 81.9 Å². The average Bonchev–Trinajstić information content (AvgIpc) is 3.22. The van der Waals surface area contributed by atoms with Gasteiger partial charge in [-0.3, -0.25) is 14.9 Å². The van der Waals surface area contributed by atoms with Crippen molar-refractivity contribution < 1.29 is 14.3 Å². The molecule has 150 valence electrons. The maximum Gasteiger partial charge on any atom is 0.300 e. The summed E-state index contributed by atoms with van der Waals surface area (Å²) in [5.41, 5.74) is 4.67. The molecule has 0 bridgehead atoms. The van der Waals surface area contributed by atoms with Crippen LogP contribution in [0.15, 0.2) is 65.3 Å². The van der Waals surface area contributed by atoms with Gasteiger partial charge in [-0.25, -0.2) is 4.63 Å². The molecule has 0 aliphatic rings. The molecule has 0 atom stereocenters. The highest BCUT2D eigenvalue weighted by Crippen LogP contribution is 2.32. The molecular weight excluding hydrogens is 384 g/mol. The minimum atomic E-state index is -0.557. The van der Waals surface area contributed by atoms with Gasteiger partial charge in [0.1, 0.15) is 0 Å². The molecule has 30 heavy (non-hydrogen) atoms. The van der Waals surface area contributed by atoms with Gasteiger partial charge in [-0.15, -0.1) is 0 Å². The van der Waals surface area contributed by atoms with Crippen molar-refractivity contribution in [1.82, 2.24) is 10.3 Å². The van der Waals surface area contributed by atoms with Gasteiger partial charge in [0.25, 0.3) is 0 Å². The number of benzene rings is 3. The fraction of sp³-hybridized carbons (Fsp3) is 0.136. The SMILES string of the molecule is CC(=O)N(Cc1ccc(-c2ccc(C)cc2)cc1)c1ccc([N+](=O)[O-])c2nonc12. The molecule has 8 heteroatoms. The van der Waals surface area contributed by atoms with Crippen molar-refractivity contribution in [2.75, 3.05) is 4.90 Å². The molecule has 0 aliphatic carbocycles. The Labute approximate surface area is 171 Å². The summed E-state index contributed by atoms with van der Waals surface area (Å²) >= 11 is 0. The van der Waals surface area contributed by atoms with Crippen molar-refractivity contribution in [2.45, 2.75) is 20.4 Å². The van der Waals surface area contributed by atoms with Crippen molar-refractivity contribution in [2.24, 2.45) is 0 Å². The third-order valence-electron chi connectivity index (χ3n) is 4.92. The number of nitro groups is 1. The molecule has 0 unspecified atom stereocenters. The molecular formula is C22H18N4O4. The second kappa shape index (κ2) is 7.75. The number of aromatic nitrogens is 2. The van der Waals surface area contributed by atoms with Crippen molar-refractivity contribution >= 4 is 28.3 Å². The third-order valence-corrected chi connectivity index (χ3v) is 4.92. The van der Waals surface area contributed by atoms with Crippen LogP contribution in [0.2, 0.25) is 0 Å². The van der Waals surface area contributed by atoms with E-state index in [4.69, 9.17) is 4.63 Å². The maximum absolute atomic E-state index is 12.4. The van der Waals surface area contributed by atoms with Crippen molar-refractivity contribution in [3.63, 3.8) is 0 Å². The zero-order chi connectivity index (χ0) is 21.3. The summed E-state index contributed by atoms with van der Waals surface area (Å²) in [4.78, 5) is 24.5. The molecule has 4 rings (SSSR count). The summed E-state index contributed by atoms with van der Waals surface area (Å²) in [6, 6.07) is 19.0. The maximum atomic E-state index is 12.4. The fourth-order valence-corrected chi connectivity index (χ4v) is 3.30. The summed E-state index contributed by atoms with van der Waals surface area (Å²) in [7, 11) is 0. The van der Waals surface area contributed by atoms with Gasteiger partial charge < -0.3 is 4.90 Å². The minimum absolute atomic E-state index is 0.0125. The fourth-order valence-electron chi connectivity index (χ4n) is 3.30. The topological polar surface area (TPSA) is 102 Å². The van der Waals surface area contributed by atoms with Crippen LogP contribution in [0.5, 0.6) is 0 Å². The summed E-state index contributed by atoms with van der Waals surface area (Å²) in [5, 5.41) is 18.6. The Balaban J connectivity index is 1.65. The first-order valence-corrected chi connectivity index (χ1v) is 9.28. The quantitative estimate of drug-likeness (QED) is 0.355. The monoisotopic (exact) mass is 402 g/mol. The zero-order valence-electron chi connectivity index (χ0n) is 16.4. The van der Waals surface area contributed by atoms with Crippen LogP contribution in [0.25, 0.3) is 22.2 Å². The standard InChI is InChI=1S/C22H18N4O4/c1-14-3-7-17(8-4-14)18-9-5-16(6-10-18)13-25(15(2)27)19-11-12-20(26(28)29)22-21(19)23-30-24-22/h3-12H,13H2,1-2H3. The number of hydrogen-bond acceptors (Lipinski definition) is 6. The van der Waals surface area contributed by atoms with Crippen molar-refractivity contribution in [1.29, 1.82) is 0 Å². The van der Waals surface area contributed by atoms with E-state index in [2.05, 4.69) is 34.6 Å². The van der Waals surface area contributed by atoms with E-state index in [1.54, 1.807) is 0 Å². The van der Waals surface area contributed by atoms with E-state index in [0.29, 0.717) is 5.69 Å². The van der Waals surface area contributed by atoms with Crippen LogP contribution in [0.3, 0.4) is 0 Å². The first-order valence-electron chi connectivity index (χ1n) is 9.28. The Morgan fingerprint density at radius 1 is 0.967 bits per heavy atom. The minimum Gasteiger partial charge on any atom is -0.306 e. The Hall–Kier alpha value is -4.07. The average molecular weight is 402 g/mol. The molecule has 0 aliphatic heterocycles. The Bertz CT molecular complexity index is 1230. The van der Waals surface area contributed by atoms with Crippen LogP contribution >= 0.6 is 0 Å². The van der Waals surface area contributed by atoms with Gasteiger partial charge in [0.05, 0.1) is 17.2 Å². The van der Waals surface area contributed by atoms with E-state index in [1.807, 2.05) is 31.2 Å². The van der Waals surface area contributed by atoms with Crippen LogP contribution in [0.4, 0.5) is 11.4 Å². The number of non-ortho nitro benzene ring substituents is 1. The molecule has 0 spiro atoms. The molecule has 0 N–H and O–H groups in total. The normalized spacial score (nSPS) is 10.9. The summed E-state index contributed by atoms with van der Waals surface area (Å²) in [5.74, 6) is -0.226. The van der Waals surface area contributed by atoms with Crippen LogP contribution in [-0.4, -0.2) is 21.1 Å². The number of carbonyl (C=O) groups excluding carboxylic acids is 1. The number of nitro benzene ring substituents is 1. The predicted octanol–water partition coefficient (Wildman–Crippen LogP) is 4.66. The summed E-state index contributed by atoms with van der Waals surface area (Å²) in [6.07, 6.45) is 0. The number of nitrogens with zero attached hydrogens (tertiary/aromatic N) is 4. The van der Waals surface area contributed by atoms with E-state index in [0.717, 1.165) is 16.7 Å². The highest BCUT2D eigenvalue weighted by molar-refractivity contribution is 6.02. The number of carbonyl (C=O) groups is 1. The van der Waals surface area contributed by atoms with E-state index < -0.39 is 4.92 Å². The van der Waals surface area contributed by atoms with Gasteiger partial charge >= 0.3 is 5.69 Å². The number of rotatable bonds is 5. The Kier molecular flexibility index (Phi) is 4.97. The van der Waals surface area contributed by atoms with Crippen molar-refractivity contribution in [3.8, 4) is 11.1 Å². The van der Waals surface area contributed by atoms with Gasteiger partial charge in [0.2, 0.25) is 11.4 Å². The molecule has 0 saturated carbocycles. The molecule has 1 aromatic heterocycles. The predicted molar refractivity (Wildman–Crippen MR) is 112 cm³/mol. The molecule has 4 aromatic rings. The van der Waals surface area contributed by atoms with Gasteiger partial charge in [-0.1, -0.05) is 54.1 Å². The lowest BCUT2D eigenvalue weighted by Crippen LogP contribution is -2.28. The number of aryl methyl sites for hydroxylation is 1. The zero-order valence-corrected chi connectivity index (χ0v) is 16.4. The highest BCUT2D eigenvalue weighted by atomic mass is 16.6. The van der Waals surface area contributed by atoms with E-state index in [1.165, 1.54) is 29.5 Å². The number of hydrogen-bond donors (Lipinski definition) is 0. The van der Waals surface area contributed by atoms with Crippen LogP contribution in [-0.2, 0) is 11.3 Å². The lowest BCUT2D eigenvalue weighted by molar-refractivity contribution is -0.383. The summed E-state index contributed by atoms with van der Waals surface area (Å²) < 4.78 is 4.71. The lowest BCUT2D eigenvalue weighted by atomic mass is 10.0. The smallest absolute Gasteiger partial charge is 0.300 e. The number of fused-ring (bicyclic) bond motifs is 1. The molecule has 0 fully saturated rings. The van der Waals surface area contributed by atoms with E-state index in [9.17, 15) is 14.9 Å². The van der Waals surface area contributed by atoms with Crippen LogP contribution in [0, 0.1) is 17.0 Å². The highest BCUT2D eigenvalue weighted by Gasteiger charge is 2.24.